The van der Waals surface area contributed by atoms with E-state index in [-0.39, 0.29) is 5.91 Å². The Balaban J connectivity index is 2.11. The SMILES string of the molecule is CN(Cc1cc(Cl)cc(Cl)c1)C(=O)C1(CN)CCOCC1. The molecule has 2 N–H and O–H groups in total. The summed E-state index contributed by atoms with van der Waals surface area (Å²) in [5.41, 5.74) is 6.27. The van der Waals surface area contributed by atoms with Gasteiger partial charge in [-0.25, -0.2) is 0 Å². The third-order valence-electron chi connectivity index (χ3n) is 3.98. The molecule has 0 bridgehead atoms. The van der Waals surface area contributed by atoms with Crippen LogP contribution in [0.15, 0.2) is 18.2 Å². The molecule has 1 heterocycles. The van der Waals surface area contributed by atoms with Crippen LogP contribution < -0.4 is 5.73 Å². The average Bonchev–Trinajstić information content (AvgIpc) is 2.46. The number of amides is 1. The van der Waals surface area contributed by atoms with Crippen molar-refractivity contribution >= 4 is 29.1 Å². The number of hydrogen-bond acceptors (Lipinski definition) is 3. The quantitative estimate of drug-likeness (QED) is 0.923. The van der Waals surface area contributed by atoms with Crippen LogP contribution >= 0.6 is 23.2 Å². The monoisotopic (exact) mass is 330 g/mol. The Bertz CT molecular complexity index is 496. The number of hydrogen-bond donors (Lipinski definition) is 1. The van der Waals surface area contributed by atoms with Gasteiger partial charge < -0.3 is 15.4 Å². The maximum atomic E-state index is 12.7. The van der Waals surface area contributed by atoms with Gasteiger partial charge in [-0.15, -0.1) is 0 Å². The third-order valence-corrected chi connectivity index (χ3v) is 4.42. The van der Waals surface area contributed by atoms with E-state index in [1.807, 2.05) is 12.1 Å². The summed E-state index contributed by atoms with van der Waals surface area (Å²) < 4.78 is 5.35. The molecule has 2 rings (SSSR count). The average molecular weight is 331 g/mol. The fourth-order valence-corrected chi connectivity index (χ4v) is 3.29. The van der Waals surface area contributed by atoms with Crippen LogP contribution in [0.3, 0.4) is 0 Å². The fraction of sp³-hybridized carbons (Fsp3) is 0.533. The molecule has 0 atom stereocenters. The molecule has 0 saturated carbocycles. The highest BCUT2D eigenvalue weighted by Crippen LogP contribution is 2.32. The summed E-state index contributed by atoms with van der Waals surface area (Å²) in [6.07, 6.45) is 1.34. The highest BCUT2D eigenvalue weighted by molar-refractivity contribution is 6.34. The van der Waals surface area contributed by atoms with Crippen molar-refractivity contribution in [2.75, 3.05) is 26.8 Å². The standard InChI is InChI=1S/C15H20Cl2N2O2/c1-19(9-11-6-12(16)8-13(17)7-11)14(20)15(10-18)2-4-21-5-3-15/h6-8H,2-5,9-10,18H2,1H3. The Kier molecular flexibility index (Phi) is 5.49. The zero-order chi connectivity index (χ0) is 15.5. The Hall–Kier alpha value is -0.810. The molecule has 1 saturated heterocycles. The van der Waals surface area contributed by atoms with Gasteiger partial charge in [0.1, 0.15) is 0 Å². The molecule has 1 fully saturated rings. The highest BCUT2D eigenvalue weighted by Gasteiger charge is 2.40. The van der Waals surface area contributed by atoms with Gasteiger partial charge >= 0.3 is 0 Å². The van der Waals surface area contributed by atoms with E-state index in [1.165, 1.54) is 0 Å². The van der Waals surface area contributed by atoms with Gasteiger partial charge in [-0.1, -0.05) is 23.2 Å². The minimum absolute atomic E-state index is 0.0596. The molecule has 116 valence electrons. The number of carbonyl (C=O) groups is 1. The number of nitrogens with zero attached hydrogens (tertiary/aromatic N) is 1. The van der Waals surface area contributed by atoms with Gasteiger partial charge in [0.2, 0.25) is 5.91 Å². The molecule has 1 amide bonds. The lowest BCUT2D eigenvalue weighted by Gasteiger charge is -2.37. The highest BCUT2D eigenvalue weighted by atomic mass is 35.5. The zero-order valence-electron chi connectivity index (χ0n) is 12.1. The summed E-state index contributed by atoms with van der Waals surface area (Å²) in [6.45, 7) is 1.97. The molecule has 0 radical (unpaired) electrons. The van der Waals surface area contributed by atoms with Gasteiger partial charge in [-0.05, 0) is 36.6 Å². The molecule has 21 heavy (non-hydrogen) atoms. The first kappa shape index (κ1) is 16.6. The molecular formula is C15H20Cl2N2O2. The number of carbonyl (C=O) groups excluding carboxylic acids is 1. The molecule has 1 aliphatic heterocycles. The molecule has 1 aromatic carbocycles. The van der Waals surface area contributed by atoms with E-state index < -0.39 is 5.41 Å². The molecule has 0 unspecified atom stereocenters. The van der Waals surface area contributed by atoms with Gasteiger partial charge in [-0.3, -0.25) is 4.79 Å². The van der Waals surface area contributed by atoms with E-state index in [9.17, 15) is 4.79 Å². The molecule has 1 aliphatic rings. The largest absolute Gasteiger partial charge is 0.381 e. The Morgan fingerprint density at radius 2 is 1.86 bits per heavy atom. The van der Waals surface area contributed by atoms with Crippen molar-refractivity contribution in [1.29, 1.82) is 0 Å². The maximum absolute atomic E-state index is 12.7. The smallest absolute Gasteiger partial charge is 0.230 e. The van der Waals surface area contributed by atoms with Crippen LogP contribution in [0.4, 0.5) is 0 Å². The summed E-state index contributed by atoms with van der Waals surface area (Å²) in [5, 5.41) is 1.14. The summed E-state index contributed by atoms with van der Waals surface area (Å²) in [7, 11) is 1.78. The second kappa shape index (κ2) is 6.97. The van der Waals surface area contributed by atoms with Crippen LogP contribution in [0, 0.1) is 5.41 Å². The van der Waals surface area contributed by atoms with Gasteiger partial charge in [0.15, 0.2) is 0 Å². The minimum Gasteiger partial charge on any atom is -0.381 e. The van der Waals surface area contributed by atoms with E-state index in [0.29, 0.717) is 49.2 Å². The van der Waals surface area contributed by atoms with Crippen molar-refractivity contribution in [3.8, 4) is 0 Å². The summed E-state index contributed by atoms with van der Waals surface area (Å²) in [5.74, 6) is 0.0596. The lowest BCUT2D eigenvalue weighted by atomic mass is 9.79. The van der Waals surface area contributed by atoms with E-state index in [0.717, 1.165) is 5.56 Å². The van der Waals surface area contributed by atoms with Crippen LogP contribution in [0.5, 0.6) is 0 Å². The van der Waals surface area contributed by atoms with E-state index in [1.54, 1.807) is 18.0 Å². The van der Waals surface area contributed by atoms with E-state index in [4.69, 9.17) is 33.7 Å². The fourth-order valence-electron chi connectivity index (χ4n) is 2.72. The zero-order valence-corrected chi connectivity index (χ0v) is 13.6. The number of halogens is 2. The number of rotatable bonds is 4. The Labute approximate surface area is 135 Å². The van der Waals surface area contributed by atoms with Gasteiger partial charge in [-0.2, -0.15) is 0 Å². The number of nitrogens with two attached hydrogens (primary N) is 1. The van der Waals surface area contributed by atoms with Gasteiger partial charge in [0, 0.05) is 43.4 Å². The second-order valence-corrected chi connectivity index (χ2v) is 6.41. The molecule has 6 heteroatoms. The van der Waals surface area contributed by atoms with E-state index in [2.05, 4.69) is 0 Å². The van der Waals surface area contributed by atoms with Gasteiger partial charge in [0.05, 0.1) is 5.41 Å². The summed E-state index contributed by atoms with van der Waals surface area (Å²) >= 11 is 12.0. The Morgan fingerprint density at radius 1 is 1.29 bits per heavy atom. The van der Waals surface area contributed by atoms with Crippen molar-refractivity contribution in [3.63, 3.8) is 0 Å². The van der Waals surface area contributed by atoms with Crippen molar-refractivity contribution in [3.05, 3.63) is 33.8 Å². The van der Waals surface area contributed by atoms with E-state index >= 15 is 0 Å². The first-order chi connectivity index (χ1) is 9.97. The normalized spacial score (nSPS) is 17.5. The first-order valence-electron chi connectivity index (χ1n) is 6.95. The maximum Gasteiger partial charge on any atom is 0.230 e. The Morgan fingerprint density at radius 3 is 2.38 bits per heavy atom. The molecule has 0 aliphatic carbocycles. The lowest BCUT2D eigenvalue weighted by Crippen LogP contribution is -2.49. The summed E-state index contributed by atoms with van der Waals surface area (Å²) in [6, 6.07) is 5.31. The van der Waals surface area contributed by atoms with Crippen LogP contribution in [0.25, 0.3) is 0 Å². The van der Waals surface area contributed by atoms with Crippen LogP contribution in [0.2, 0.25) is 10.0 Å². The van der Waals surface area contributed by atoms with Gasteiger partial charge in [0.25, 0.3) is 0 Å². The molecular weight excluding hydrogens is 311 g/mol. The number of ether oxygens (including phenoxy) is 1. The first-order valence-corrected chi connectivity index (χ1v) is 7.71. The second-order valence-electron chi connectivity index (χ2n) is 5.54. The number of benzene rings is 1. The predicted molar refractivity (Wildman–Crippen MR) is 84.5 cm³/mol. The van der Waals surface area contributed by atoms with Crippen molar-refractivity contribution in [1.82, 2.24) is 4.90 Å². The van der Waals surface area contributed by atoms with Crippen molar-refractivity contribution in [2.24, 2.45) is 11.1 Å². The third kappa shape index (κ3) is 3.89. The molecule has 4 nitrogen and oxygen atoms in total. The van der Waals surface area contributed by atoms with Crippen molar-refractivity contribution < 1.29 is 9.53 Å². The van der Waals surface area contributed by atoms with Crippen molar-refractivity contribution in [2.45, 2.75) is 19.4 Å². The minimum atomic E-state index is -0.505. The molecule has 0 spiro atoms. The van der Waals surface area contributed by atoms with Crippen LogP contribution in [0.1, 0.15) is 18.4 Å². The lowest BCUT2D eigenvalue weighted by molar-refractivity contribution is -0.146. The summed E-state index contributed by atoms with van der Waals surface area (Å²) in [4.78, 5) is 14.4. The molecule has 1 aromatic rings. The van der Waals surface area contributed by atoms with Crippen LogP contribution in [-0.2, 0) is 16.1 Å². The predicted octanol–water partition coefficient (Wildman–Crippen LogP) is 2.71. The molecule has 0 aromatic heterocycles. The topological polar surface area (TPSA) is 55.6 Å². The van der Waals surface area contributed by atoms with Crippen LogP contribution in [-0.4, -0.2) is 37.6 Å².